The van der Waals surface area contributed by atoms with Gasteiger partial charge in [-0.1, -0.05) is 18.2 Å². The Morgan fingerprint density at radius 2 is 2.06 bits per heavy atom. The Kier molecular flexibility index (Phi) is 3.46. The standard InChI is InChI=1S/C15H18N2S/c1-11-4-5-18-15(11)10-16-7-12-2-3-13-8-17-9-14(13)6-12/h2-6,16-17H,7-10H2,1H3. The second-order valence-corrected chi connectivity index (χ2v) is 5.84. The molecule has 1 aromatic heterocycles. The molecule has 0 amide bonds. The normalized spacial score (nSPS) is 13.8. The third-order valence-electron chi connectivity index (χ3n) is 3.48. The molecule has 1 aromatic carbocycles. The first-order chi connectivity index (χ1) is 8.83. The summed E-state index contributed by atoms with van der Waals surface area (Å²) in [5.41, 5.74) is 5.69. The number of fused-ring (bicyclic) bond motifs is 1. The zero-order valence-electron chi connectivity index (χ0n) is 10.6. The Morgan fingerprint density at radius 3 is 2.89 bits per heavy atom. The molecule has 0 bridgehead atoms. The molecule has 0 aliphatic carbocycles. The Balaban J connectivity index is 1.59. The largest absolute Gasteiger partial charge is 0.309 e. The quantitative estimate of drug-likeness (QED) is 0.881. The molecular formula is C15H18N2S. The number of rotatable bonds is 4. The van der Waals surface area contributed by atoms with Crippen LogP contribution in [0.15, 0.2) is 29.6 Å². The van der Waals surface area contributed by atoms with Crippen molar-refractivity contribution in [2.45, 2.75) is 33.1 Å². The highest BCUT2D eigenvalue weighted by molar-refractivity contribution is 7.10. The van der Waals surface area contributed by atoms with Crippen molar-refractivity contribution in [1.82, 2.24) is 10.6 Å². The molecule has 18 heavy (non-hydrogen) atoms. The smallest absolute Gasteiger partial charge is 0.0305 e. The summed E-state index contributed by atoms with van der Waals surface area (Å²) in [4.78, 5) is 1.44. The van der Waals surface area contributed by atoms with Crippen molar-refractivity contribution in [3.63, 3.8) is 0 Å². The van der Waals surface area contributed by atoms with E-state index in [2.05, 4.69) is 47.2 Å². The number of thiophene rings is 1. The molecule has 0 saturated heterocycles. The van der Waals surface area contributed by atoms with Crippen molar-refractivity contribution >= 4 is 11.3 Å². The molecule has 0 unspecified atom stereocenters. The number of hydrogen-bond donors (Lipinski definition) is 2. The molecule has 2 heterocycles. The first kappa shape index (κ1) is 11.9. The lowest BCUT2D eigenvalue weighted by atomic mass is 10.1. The monoisotopic (exact) mass is 258 g/mol. The van der Waals surface area contributed by atoms with E-state index in [1.54, 1.807) is 0 Å². The molecule has 2 aromatic rings. The maximum absolute atomic E-state index is 3.53. The highest BCUT2D eigenvalue weighted by atomic mass is 32.1. The lowest BCUT2D eigenvalue weighted by Crippen LogP contribution is -2.12. The van der Waals surface area contributed by atoms with E-state index in [1.807, 2.05) is 11.3 Å². The third kappa shape index (κ3) is 2.48. The lowest BCUT2D eigenvalue weighted by molar-refractivity contribution is 0.698. The van der Waals surface area contributed by atoms with Crippen LogP contribution >= 0.6 is 11.3 Å². The zero-order chi connectivity index (χ0) is 12.4. The zero-order valence-corrected chi connectivity index (χ0v) is 11.4. The molecule has 0 fully saturated rings. The van der Waals surface area contributed by atoms with Gasteiger partial charge in [0, 0.05) is 31.1 Å². The van der Waals surface area contributed by atoms with Crippen molar-refractivity contribution in [1.29, 1.82) is 0 Å². The van der Waals surface area contributed by atoms with Crippen molar-refractivity contribution in [2.24, 2.45) is 0 Å². The van der Waals surface area contributed by atoms with Crippen LogP contribution in [-0.2, 0) is 26.2 Å². The van der Waals surface area contributed by atoms with E-state index in [1.165, 1.54) is 27.1 Å². The number of benzene rings is 1. The predicted molar refractivity (Wildman–Crippen MR) is 76.6 cm³/mol. The van der Waals surface area contributed by atoms with Gasteiger partial charge in [0.2, 0.25) is 0 Å². The van der Waals surface area contributed by atoms with E-state index in [9.17, 15) is 0 Å². The Labute approximate surface area is 112 Å². The van der Waals surface area contributed by atoms with Gasteiger partial charge in [-0.2, -0.15) is 0 Å². The molecule has 1 aliphatic heterocycles. The molecule has 0 spiro atoms. The van der Waals surface area contributed by atoms with Gasteiger partial charge in [0.25, 0.3) is 0 Å². The lowest BCUT2D eigenvalue weighted by Gasteiger charge is -2.06. The molecule has 2 N–H and O–H groups in total. The average molecular weight is 258 g/mol. The Morgan fingerprint density at radius 1 is 1.17 bits per heavy atom. The van der Waals surface area contributed by atoms with E-state index < -0.39 is 0 Å². The molecular weight excluding hydrogens is 240 g/mol. The summed E-state index contributed by atoms with van der Waals surface area (Å²) in [6.07, 6.45) is 0. The van der Waals surface area contributed by atoms with Gasteiger partial charge in [0.05, 0.1) is 0 Å². The Bertz CT molecular complexity index is 545. The van der Waals surface area contributed by atoms with Gasteiger partial charge >= 0.3 is 0 Å². The summed E-state index contributed by atoms with van der Waals surface area (Å²) in [6.45, 7) is 6.14. The van der Waals surface area contributed by atoms with Gasteiger partial charge in [-0.25, -0.2) is 0 Å². The topological polar surface area (TPSA) is 24.1 Å². The number of nitrogens with one attached hydrogen (secondary N) is 2. The highest BCUT2D eigenvalue weighted by Gasteiger charge is 2.09. The van der Waals surface area contributed by atoms with Gasteiger partial charge in [0.1, 0.15) is 0 Å². The minimum Gasteiger partial charge on any atom is -0.309 e. The van der Waals surface area contributed by atoms with Crippen LogP contribution in [0.1, 0.15) is 27.1 Å². The SMILES string of the molecule is Cc1ccsc1CNCc1ccc2c(c1)CNC2. The van der Waals surface area contributed by atoms with Crippen molar-refractivity contribution < 1.29 is 0 Å². The van der Waals surface area contributed by atoms with E-state index in [-0.39, 0.29) is 0 Å². The average Bonchev–Trinajstić information content (AvgIpc) is 2.98. The fraction of sp³-hybridized carbons (Fsp3) is 0.333. The summed E-state index contributed by atoms with van der Waals surface area (Å²) in [5, 5.41) is 9.07. The molecule has 2 nitrogen and oxygen atoms in total. The summed E-state index contributed by atoms with van der Waals surface area (Å²) in [7, 11) is 0. The maximum Gasteiger partial charge on any atom is 0.0305 e. The first-order valence-electron chi connectivity index (χ1n) is 6.38. The van der Waals surface area contributed by atoms with Gasteiger partial charge in [-0.05, 0) is 40.6 Å². The number of aryl methyl sites for hydroxylation is 1. The molecule has 0 atom stereocenters. The fourth-order valence-corrected chi connectivity index (χ4v) is 3.24. The van der Waals surface area contributed by atoms with Crippen LogP contribution in [0.3, 0.4) is 0 Å². The van der Waals surface area contributed by atoms with Crippen LogP contribution in [0.5, 0.6) is 0 Å². The van der Waals surface area contributed by atoms with Gasteiger partial charge in [-0.3, -0.25) is 0 Å². The Hall–Kier alpha value is -1.16. The van der Waals surface area contributed by atoms with Gasteiger partial charge < -0.3 is 10.6 Å². The molecule has 3 rings (SSSR count). The summed E-state index contributed by atoms with van der Waals surface area (Å²) < 4.78 is 0. The van der Waals surface area contributed by atoms with Gasteiger partial charge in [0.15, 0.2) is 0 Å². The predicted octanol–water partition coefficient (Wildman–Crippen LogP) is 2.95. The molecule has 94 valence electrons. The second-order valence-electron chi connectivity index (χ2n) is 4.84. The second kappa shape index (κ2) is 5.22. The summed E-state index contributed by atoms with van der Waals surface area (Å²) in [6, 6.07) is 9.00. The van der Waals surface area contributed by atoms with E-state index in [0.717, 1.165) is 26.2 Å². The highest BCUT2D eigenvalue weighted by Crippen LogP contribution is 2.18. The maximum atomic E-state index is 3.53. The number of hydrogen-bond acceptors (Lipinski definition) is 3. The summed E-state index contributed by atoms with van der Waals surface area (Å²) >= 11 is 1.83. The molecule has 1 aliphatic rings. The summed E-state index contributed by atoms with van der Waals surface area (Å²) in [5.74, 6) is 0. The van der Waals surface area contributed by atoms with Gasteiger partial charge in [-0.15, -0.1) is 11.3 Å². The van der Waals surface area contributed by atoms with Crippen LogP contribution in [0.4, 0.5) is 0 Å². The first-order valence-corrected chi connectivity index (χ1v) is 7.26. The van der Waals surface area contributed by atoms with Crippen LogP contribution in [-0.4, -0.2) is 0 Å². The van der Waals surface area contributed by atoms with Crippen molar-refractivity contribution in [3.8, 4) is 0 Å². The minimum absolute atomic E-state index is 0.949. The van der Waals surface area contributed by atoms with Crippen molar-refractivity contribution in [2.75, 3.05) is 0 Å². The van der Waals surface area contributed by atoms with Crippen LogP contribution in [0.25, 0.3) is 0 Å². The molecule has 0 radical (unpaired) electrons. The van der Waals surface area contributed by atoms with Crippen LogP contribution < -0.4 is 10.6 Å². The minimum atomic E-state index is 0.949. The molecule has 0 saturated carbocycles. The van der Waals surface area contributed by atoms with Crippen LogP contribution in [0, 0.1) is 6.92 Å². The van der Waals surface area contributed by atoms with Crippen LogP contribution in [0.2, 0.25) is 0 Å². The molecule has 3 heteroatoms. The third-order valence-corrected chi connectivity index (χ3v) is 4.51. The fourth-order valence-electron chi connectivity index (χ4n) is 2.36. The van der Waals surface area contributed by atoms with Crippen molar-refractivity contribution in [3.05, 3.63) is 56.8 Å². The van der Waals surface area contributed by atoms with E-state index >= 15 is 0 Å². The van der Waals surface area contributed by atoms with E-state index in [4.69, 9.17) is 0 Å². The van der Waals surface area contributed by atoms with E-state index in [0.29, 0.717) is 0 Å².